The van der Waals surface area contributed by atoms with E-state index in [1.54, 1.807) is 30.3 Å². The molecule has 1 atom stereocenters. The van der Waals surface area contributed by atoms with Gasteiger partial charge < -0.3 is 4.74 Å². The van der Waals surface area contributed by atoms with Crippen molar-refractivity contribution in [1.29, 1.82) is 0 Å². The first-order valence-electron chi connectivity index (χ1n) is 8.81. The van der Waals surface area contributed by atoms with Crippen molar-refractivity contribution in [3.8, 4) is 10.8 Å². The lowest BCUT2D eigenvalue weighted by atomic mass is 10.2. The molecule has 2 aromatic heterocycles. The van der Waals surface area contributed by atoms with Crippen LogP contribution < -0.4 is 4.74 Å². The molecule has 148 valence electrons. The van der Waals surface area contributed by atoms with Crippen LogP contribution in [-0.2, 0) is 16.6 Å². The summed E-state index contributed by atoms with van der Waals surface area (Å²) in [5.74, 6) is 0.256. The van der Waals surface area contributed by atoms with Crippen LogP contribution in [-0.4, -0.2) is 17.6 Å². The van der Waals surface area contributed by atoms with Crippen LogP contribution in [0.1, 0.15) is 11.1 Å². The zero-order valence-electron chi connectivity index (χ0n) is 15.5. The van der Waals surface area contributed by atoms with E-state index in [4.69, 9.17) is 16.3 Å². The first-order valence-corrected chi connectivity index (χ1v) is 11.9. The molecule has 0 N–H and O–H groups in total. The van der Waals surface area contributed by atoms with Gasteiger partial charge in [-0.3, -0.25) is 0 Å². The minimum Gasteiger partial charge on any atom is -0.468 e. The van der Waals surface area contributed by atoms with Crippen LogP contribution in [0, 0.1) is 6.92 Å². The normalized spacial score (nSPS) is 12.1. The third kappa shape index (κ3) is 4.07. The van der Waals surface area contributed by atoms with Gasteiger partial charge in [-0.25, -0.2) is 0 Å². The number of halogens is 1. The average Bonchev–Trinajstić information content (AvgIpc) is 3.33. The van der Waals surface area contributed by atoms with Gasteiger partial charge in [-0.15, -0.1) is 5.10 Å². The zero-order chi connectivity index (χ0) is 20.4. The number of nitrogens with zero attached hydrogens (tertiary/aromatic N) is 2. The van der Waals surface area contributed by atoms with E-state index in [9.17, 15) is 8.42 Å². The number of benzene rings is 2. The van der Waals surface area contributed by atoms with Crippen LogP contribution in [0.5, 0.6) is 5.88 Å². The van der Waals surface area contributed by atoms with E-state index in [0.29, 0.717) is 9.23 Å². The Kier molecular flexibility index (Phi) is 5.45. The quantitative estimate of drug-likeness (QED) is 0.373. The van der Waals surface area contributed by atoms with Crippen LogP contribution in [0.25, 0.3) is 4.90 Å². The fraction of sp³-hybridized carbons (Fsp3) is 0.0952. The van der Waals surface area contributed by atoms with E-state index in [0.717, 1.165) is 15.2 Å². The number of ether oxygens (including phenoxy) is 1. The highest BCUT2D eigenvalue weighted by molar-refractivity contribution is 7.89. The van der Waals surface area contributed by atoms with Gasteiger partial charge in [0.1, 0.15) is 18.2 Å². The molecule has 0 saturated heterocycles. The molecule has 8 heteroatoms. The van der Waals surface area contributed by atoms with E-state index in [2.05, 4.69) is 5.10 Å². The van der Waals surface area contributed by atoms with E-state index in [1.165, 1.54) is 6.20 Å². The molecular formula is C21H18ClN2O3S2+. The summed E-state index contributed by atoms with van der Waals surface area (Å²) in [5.41, 5.74) is 1.94. The van der Waals surface area contributed by atoms with Crippen molar-refractivity contribution in [2.24, 2.45) is 0 Å². The predicted octanol–water partition coefficient (Wildman–Crippen LogP) is 5.40. The average molecular weight is 446 g/mol. The number of thiophene rings is 1. The second-order valence-electron chi connectivity index (χ2n) is 6.40. The fourth-order valence-corrected chi connectivity index (χ4v) is 5.87. The van der Waals surface area contributed by atoms with Gasteiger partial charge in [-0.1, -0.05) is 48.0 Å². The Morgan fingerprint density at radius 3 is 2.41 bits per heavy atom. The predicted molar refractivity (Wildman–Crippen MR) is 116 cm³/mol. The van der Waals surface area contributed by atoms with Crippen molar-refractivity contribution in [2.45, 2.75) is 18.4 Å². The van der Waals surface area contributed by atoms with Crippen molar-refractivity contribution in [1.82, 2.24) is 9.19 Å². The maximum Gasteiger partial charge on any atom is 0.296 e. The molecule has 0 amide bonds. The highest BCUT2D eigenvalue weighted by Crippen LogP contribution is 2.44. The van der Waals surface area contributed by atoms with Gasteiger partial charge in [0, 0.05) is 16.5 Å². The highest BCUT2D eigenvalue weighted by atomic mass is 35.5. The van der Waals surface area contributed by atoms with Crippen LogP contribution in [0.15, 0.2) is 83.2 Å². The Balaban J connectivity index is 1.75. The molecule has 2 heterocycles. The van der Waals surface area contributed by atoms with Gasteiger partial charge in [0.25, 0.3) is 20.8 Å². The summed E-state index contributed by atoms with van der Waals surface area (Å²) in [5, 5.41) is 6.18. The standard InChI is InChI=1S/C21H18ClN2O3S2/c1-16-9-11-18(12-10-16)29(25,26)24-14-19(28-13-5-8-20(28)22)21(23-24)27-15-17-6-3-2-4-7-17/h2-14H,15H2,1H3/q+1. The Bertz CT molecular complexity index is 1230. The lowest BCUT2D eigenvalue weighted by Gasteiger charge is -2.04. The van der Waals surface area contributed by atoms with Crippen molar-refractivity contribution in [3.05, 3.63) is 93.8 Å². The van der Waals surface area contributed by atoms with Gasteiger partial charge in [0.15, 0.2) is 0 Å². The third-order valence-corrected chi connectivity index (χ3v) is 8.21. The first-order chi connectivity index (χ1) is 13.9. The first kappa shape index (κ1) is 19.7. The van der Waals surface area contributed by atoms with E-state index >= 15 is 0 Å². The maximum atomic E-state index is 13.1. The topological polar surface area (TPSA) is 61.2 Å². The zero-order valence-corrected chi connectivity index (χ0v) is 17.9. The van der Waals surface area contributed by atoms with E-state index in [1.807, 2.05) is 48.7 Å². The largest absolute Gasteiger partial charge is 0.468 e. The van der Waals surface area contributed by atoms with Crippen molar-refractivity contribution in [3.63, 3.8) is 0 Å². The van der Waals surface area contributed by atoms with Crippen LogP contribution >= 0.6 is 22.1 Å². The van der Waals surface area contributed by atoms with Gasteiger partial charge in [-0.05, 0) is 42.3 Å². The SMILES string of the molecule is Cc1ccc(S(=O)(=O)n2cc(-[s+]3cccc3Cl)c(OCc3ccccc3)n2)cc1. The van der Waals surface area contributed by atoms with Gasteiger partial charge in [-0.2, -0.15) is 12.5 Å². The number of hydrogen-bond donors (Lipinski definition) is 0. The van der Waals surface area contributed by atoms with E-state index in [-0.39, 0.29) is 17.4 Å². The van der Waals surface area contributed by atoms with Crippen molar-refractivity contribution < 1.29 is 13.2 Å². The number of aromatic nitrogens is 2. The van der Waals surface area contributed by atoms with Crippen LogP contribution in [0.3, 0.4) is 0 Å². The second-order valence-corrected chi connectivity index (χ2v) is 10.7. The molecule has 5 nitrogen and oxygen atoms in total. The number of hydrogen-bond acceptors (Lipinski definition) is 4. The Morgan fingerprint density at radius 1 is 1.03 bits per heavy atom. The molecular weight excluding hydrogens is 428 g/mol. The van der Waals surface area contributed by atoms with E-state index < -0.39 is 20.5 Å². The molecule has 4 aromatic rings. The Hall–Kier alpha value is -2.61. The highest BCUT2D eigenvalue weighted by Gasteiger charge is 2.29. The molecule has 0 aliphatic heterocycles. The summed E-state index contributed by atoms with van der Waals surface area (Å²) in [6.07, 6.45) is 1.49. The summed E-state index contributed by atoms with van der Waals surface area (Å²) in [4.78, 5) is 0.797. The molecule has 1 unspecified atom stereocenters. The number of rotatable bonds is 6. The molecule has 29 heavy (non-hydrogen) atoms. The monoisotopic (exact) mass is 445 g/mol. The Labute approximate surface area is 177 Å². The minimum absolute atomic E-state index is 0.165. The molecule has 0 bridgehead atoms. The molecule has 0 aliphatic carbocycles. The smallest absolute Gasteiger partial charge is 0.296 e. The summed E-state index contributed by atoms with van der Waals surface area (Å²) in [7, 11) is -4.45. The minimum atomic E-state index is -3.84. The molecule has 0 radical (unpaired) electrons. The lowest BCUT2D eigenvalue weighted by molar-refractivity contribution is 0.294. The van der Waals surface area contributed by atoms with Crippen LogP contribution in [0.2, 0.25) is 4.34 Å². The van der Waals surface area contributed by atoms with Gasteiger partial charge in [0.05, 0.1) is 4.90 Å². The molecule has 4 rings (SSSR count). The summed E-state index contributed by atoms with van der Waals surface area (Å²) >= 11 is 6.33. The fourth-order valence-electron chi connectivity index (χ4n) is 2.75. The molecule has 0 spiro atoms. The van der Waals surface area contributed by atoms with Gasteiger partial charge in [0.2, 0.25) is 4.34 Å². The number of aryl methyl sites for hydroxylation is 1. The van der Waals surface area contributed by atoms with Crippen LogP contribution in [0.4, 0.5) is 0 Å². The molecule has 0 aliphatic rings. The summed E-state index contributed by atoms with van der Waals surface area (Å²) < 4.78 is 33.6. The molecule has 0 saturated carbocycles. The Morgan fingerprint density at radius 2 is 1.76 bits per heavy atom. The molecule has 0 fully saturated rings. The van der Waals surface area contributed by atoms with Crippen molar-refractivity contribution in [2.75, 3.05) is 0 Å². The van der Waals surface area contributed by atoms with Gasteiger partial charge >= 0.3 is 0 Å². The summed E-state index contributed by atoms with van der Waals surface area (Å²) in [6.45, 7) is 2.18. The third-order valence-electron chi connectivity index (χ3n) is 4.30. The molecule has 2 aromatic carbocycles. The van der Waals surface area contributed by atoms with Crippen molar-refractivity contribution >= 4 is 32.1 Å². The lowest BCUT2D eigenvalue weighted by Crippen LogP contribution is -2.13. The second kappa shape index (κ2) is 8.02. The summed E-state index contributed by atoms with van der Waals surface area (Å²) in [6, 6.07) is 19.9. The maximum absolute atomic E-state index is 13.1.